The predicted molar refractivity (Wildman–Crippen MR) is 80.1 cm³/mol. The molecule has 3 aromatic rings. The molecule has 7 heteroatoms. The molecular formula is C15H13N5O2. The standard InChI is InChI=1S/C15H13N5O2/c1-22-14-7-6-11(8-17-14)15(21)19-12-4-2-3-5-13(12)20-10-16-9-18-20/h2-10H,1H3,(H,19,21). The number of rotatable bonds is 4. The number of nitrogens with one attached hydrogen (secondary N) is 1. The van der Waals surface area contributed by atoms with E-state index in [1.165, 1.54) is 19.6 Å². The molecule has 0 unspecified atom stereocenters. The Bertz CT molecular complexity index is 769. The summed E-state index contributed by atoms with van der Waals surface area (Å²) in [6, 6.07) is 10.6. The molecule has 0 aliphatic carbocycles. The van der Waals surface area contributed by atoms with Crippen molar-refractivity contribution in [3.63, 3.8) is 0 Å². The zero-order chi connectivity index (χ0) is 15.4. The smallest absolute Gasteiger partial charge is 0.257 e. The van der Waals surface area contributed by atoms with E-state index >= 15 is 0 Å². The molecule has 0 radical (unpaired) electrons. The maximum Gasteiger partial charge on any atom is 0.257 e. The maximum atomic E-state index is 12.3. The van der Waals surface area contributed by atoms with Gasteiger partial charge in [0.25, 0.3) is 5.91 Å². The highest BCUT2D eigenvalue weighted by Crippen LogP contribution is 2.19. The summed E-state index contributed by atoms with van der Waals surface area (Å²) in [6.07, 6.45) is 4.47. The Labute approximate surface area is 126 Å². The Morgan fingerprint density at radius 1 is 1.23 bits per heavy atom. The summed E-state index contributed by atoms with van der Waals surface area (Å²) < 4.78 is 6.56. The minimum absolute atomic E-state index is 0.261. The van der Waals surface area contributed by atoms with Crippen LogP contribution in [0.4, 0.5) is 5.69 Å². The quantitative estimate of drug-likeness (QED) is 0.795. The third-order valence-corrected chi connectivity index (χ3v) is 3.03. The third kappa shape index (κ3) is 2.78. The zero-order valence-electron chi connectivity index (χ0n) is 11.8. The molecule has 1 N–H and O–H groups in total. The highest BCUT2D eigenvalue weighted by Gasteiger charge is 2.11. The van der Waals surface area contributed by atoms with Crippen LogP contribution in [-0.4, -0.2) is 32.8 Å². The molecule has 0 saturated carbocycles. The first-order valence-electron chi connectivity index (χ1n) is 6.53. The lowest BCUT2D eigenvalue weighted by molar-refractivity contribution is 0.102. The molecule has 0 bridgehead atoms. The summed E-state index contributed by atoms with van der Waals surface area (Å²) >= 11 is 0. The van der Waals surface area contributed by atoms with Gasteiger partial charge >= 0.3 is 0 Å². The van der Waals surface area contributed by atoms with Gasteiger partial charge in [0.2, 0.25) is 5.88 Å². The topological polar surface area (TPSA) is 81.9 Å². The average Bonchev–Trinajstić information content (AvgIpc) is 3.10. The molecule has 2 heterocycles. The maximum absolute atomic E-state index is 12.3. The van der Waals surface area contributed by atoms with Gasteiger partial charge in [0, 0.05) is 12.3 Å². The van der Waals surface area contributed by atoms with Crippen LogP contribution in [0.15, 0.2) is 55.2 Å². The van der Waals surface area contributed by atoms with E-state index < -0.39 is 0 Å². The van der Waals surface area contributed by atoms with Gasteiger partial charge in [-0.15, -0.1) is 0 Å². The van der Waals surface area contributed by atoms with Crippen molar-refractivity contribution in [2.45, 2.75) is 0 Å². The Hall–Kier alpha value is -3.22. The van der Waals surface area contributed by atoms with E-state index in [1.54, 1.807) is 29.2 Å². The van der Waals surface area contributed by atoms with Gasteiger partial charge in [-0.3, -0.25) is 4.79 Å². The van der Waals surface area contributed by atoms with Crippen molar-refractivity contribution < 1.29 is 9.53 Å². The van der Waals surface area contributed by atoms with Crippen LogP contribution in [-0.2, 0) is 0 Å². The molecule has 110 valence electrons. The SMILES string of the molecule is COc1ccc(C(=O)Nc2ccccc2-n2cncn2)cn1. The molecule has 1 amide bonds. The molecule has 0 atom stereocenters. The van der Waals surface area contributed by atoms with Gasteiger partial charge in [0.15, 0.2) is 0 Å². The molecule has 0 saturated heterocycles. The van der Waals surface area contributed by atoms with E-state index in [4.69, 9.17) is 4.74 Å². The number of pyridine rings is 1. The van der Waals surface area contributed by atoms with Crippen LogP contribution in [0.2, 0.25) is 0 Å². The lowest BCUT2D eigenvalue weighted by Crippen LogP contribution is -2.14. The second-order valence-electron chi connectivity index (χ2n) is 4.40. The Morgan fingerprint density at radius 2 is 2.09 bits per heavy atom. The molecule has 0 fully saturated rings. The summed E-state index contributed by atoms with van der Waals surface area (Å²) in [4.78, 5) is 20.2. The number of anilines is 1. The van der Waals surface area contributed by atoms with Crippen LogP contribution in [0.5, 0.6) is 5.88 Å². The lowest BCUT2D eigenvalue weighted by atomic mass is 10.2. The van der Waals surface area contributed by atoms with Crippen LogP contribution in [0.3, 0.4) is 0 Å². The van der Waals surface area contributed by atoms with Crippen LogP contribution in [0.1, 0.15) is 10.4 Å². The second-order valence-corrected chi connectivity index (χ2v) is 4.40. The highest BCUT2D eigenvalue weighted by molar-refractivity contribution is 6.05. The summed E-state index contributed by atoms with van der Waals surface area (Å²) in [5.74, 6) is 0.197. The number of para-hydroxylation sites is 2. The van der Waals surface area contributed by atoms with Crippen LogP contribution >= 0.6 is 0 Å². The number of carbonyl (C=O) groups is 1. The van der Waals surface area contributed by atoms with Crippen molar-refractivity contribution in [1.29, 1.82) is 0 Å². The number of nitrogens with zero attached hydrogens (tertiary/aromatic N) is 4. The van der Waals surface area contributed by atoms with Gasteiger partial charge in [0.05, 0.1) is 24.0 Å². The molecular weight excluding hydrogens is 282 g/mol. The molecule has 0 aliphatic heterocycles. The van der Waals surface area contributed by atoms with Crippen molar-refractivity contribution in [3.05, 3.63) is 60.8 Å². The first-order chi connectivity index (χ1) is 10.8. The van der Waals surface area contributed by atoms with Gasteiger partial charge in [-0.1, -0.05) is 12.1 Å². The van der Waals surface area contributed by atoms with E-state index in [0.29, 0.717) is 17.1 Å². The number of ether oxygens (including phenoxy) is 1. The van der Waals surface area contributed by atoms with Gasteiger partial charge < -0.3 is 10.1 Å². The molecule has 0 spiro atoms. The Morgan fingerprint density at radius 3 is 2.77 bits per heavy atom. The fourth-order valence-corrected chi connectivity index (χ4v) is 1.94. The molecule has 3 rings (SSSR count). The van der Waals surface area contributed by atoms with Crippen molar-refractivity contribution >= 4 is 11.6 Å². The van der Waals surface area contributed by atoms with Gasteiger partial charge in [-0.05, 0) is 18.2 Å². The zero-order valence-corrected chi connectivity index (χ0v) is 11.8. The minimum Gasteiger partial charge on any atom is -0.481 e. The third-order valence-electron chi connectivity index (χ3n) is 3.03. The van der Waals surface area contributed by atoms with Crippen molar-refractivity contribution in [2.75, 3.05) is 12.4 Å². The second kappa shape index (κ2) is 6.04. The van der Waals surface area contributed by atoms with E-state index in [9.17, 15) is 4.79 Å². The summed E-state index contributed by atoms with van der Waals surface area (Å²) in [6.45, 7) is 0. The number of hydrogen-bond acceptors (Lipinski definition) is 5. The van der Waals surface area contributed by atoms with Gasteiger partial charge in [-0.2, -0.15) is 5.10 Å². The summed E-state index contributed by atoms with van der Waals surface area (Å²) in [5.41, 5.74) is 1.80. The largest absolute Gasteiger partial charge is 0.481 e. The number of aromatic nitrogens is 4. The van der Waals surface area contributed by atoms with Crippen LogP contribution in [0.25, 0.3) is 5.69 Å². The van der Waals surface area contributed by atoms with E-state index in [-0.39, 0.29) is 5.91 Å². The molecule has 2 aromatic heterocycles. The normalized spacial score (nSPS) is 10.2. The van der Waals surface area contributed by atoms with Crippen molar-refractivity contribution in [2.24, 2.45) is 0 Å². The van der Waals surface area contributed by atoms with E-state index in [2.05, 4.69) is 20.4 Å². The van der Waals surface area contributed by atoms with E-state index in [1.807, 2.05) is 18.2 Å². The molecule has 0 aliphatic rings. The Kier molecular flexibility index (Phi) is 3.78. The lowest BCUT2D eigenvalue weighted by Gasteiger charge is -2.10. The first kappa shape index (κ1) is 13.7. The molecule has 22 heavy (non-hydrogen) atoms. The minimum atomic E-state index is -0.261. The average molecular weight is 295 g/mol. The number of hydrogen-bond donors (Lipinski definition) is 1. The first-order valence-corrected chi connectivity index (χ1v) is 6.53. The van der Waals surface area contributed by atoms with Gasteiger partial charge in [0.1, 0.15) is 12.7 Å². The van der Waals surface area contributed by atoms with Crippen molar-refractivity contribution in [3.8, 4) is 11.6 Å². The van der Waals surface area contributed by atoms with Crippen LogP contribution < -0.4 is 10.1 Å². The number of amides is 1. The molecule has 7 nitrogen and oxygen atoms in total. The Balaban J connectivity index is 1.85. The van der Waals surface area contributed by atoms with Crippen molar-refractivity contribution in [1.82, 2.24) is 19.7 Å². The fourth-order valence-electron chi connectivity index (χ4n) is 1.94. The molecule has 1 aromatic carbocycles. The van der Waals surface area contributed by atoms with E-state index in [0.717, 1.165) is 5.69 Å². The predicted octanol–water partition coefficient (Wildman–Crippen LogP) is 1.92. The number of benzene rings is 1. The highest BCUT2D eigenvalue weighted by atomic mass is 16.5. The fraction of sp³-hybridized carbons (Fsp3) is 0.0667. The summed E-state index contributed by atoms with van der Waals surface area (Å²) in [5, 5.41) is 6.92. The number of methoxy groups -OCH3 is 1. The monoisotopic (exact) mass is 295 g/mol. The summed E-state index contributed by atoms with van der Waals surface area (Å²) in [7, 11) is 1.52. The van der Waals surface area contributed by atoms with Crippen LogP contribution in [0, 0.1) is 0 Å². The van der Waals surface area contributed by atoms with Gasteiger partial charge in [-0.25, -0.2) is 14.6 Å². The number of carbonyl (C=O) groups excluding carboxylic acids is 1.